The van der Waals surface area contributed by atoms with Gasteiger partial charge in [-0.3, -0.25) is 14.5 Å². The third-order valence-corrected chi connectivity index (χ3v) is 7.29. The van der Waals surface area contributed by atoms with Gasteiger partial charge in [-0.2, -0.15) is 10.2 Å². The summed E-state index contributed by atoms with van der Waals surface area (Å²) in [7, 11) is 0. The normalized spacial score (nSPS) is 21.5. The van der Waals surface area contributed by atoms with Gasteiger partial charge in [0.1, 0.15) is 16.8 Å². The monoisotopic (exact) mass is 505 g/mol. The van der Waals surface area contributed by atoms with Gasteiger partial charge in [-0.15, -0.1) is 0 Å². The van der Waals surface area contributed by atoms with Crippen LogP contribution in [-0.2, 0) is 24.5 Å². The molecule has 0 saturated carbocycles. The molecule has 3 heterocycles. The van der Waals surface area contributed by atoms with E-state index in [-0.39, 0.29) is 17.8 Å². The van der Waals surface area contributed by atoms with Gasteiger partial charge in [0, 0.05) is 31.6 Å². The van der Waals surface area contributed by atoms with Crippen LogP contribution in [0.5, 0.6) is 0 Å². The average molecular weight is 506 g/mol. The summed E-state index contributed by atoms with van der Waals surface area (Å²) >= 11 is 0. The molecule has 1 atom stereocenters. The minimum atomic E-state index is -1.03. The molecule has 2 aliphatic rings. The Morgan fingerprint density at radius 2 is 1.84 bits per heavy atom. The number of hydrogen-bond donors (Lipinski definition) is 1. The summed E-state index contributed by atoms with van der Waals surface area (Å²) in [5.41, 5.74) is -0.725. The van der Waals surface area contributed by atoms with Crippen molar-refractivity contribution in [2.75, 3.05) is 30.0 Å². The van der Waals surface area contributed by atoms with Crippen molar-refractivity contribution >= 4 is 29.3 Å². The van der Waals surface area contributed by atoms with Gasteiger partial charge in [-0.1, -0.05) is 26.0 Å². The summed E-state index contributed by atoms with van der Waals surface area (Å²) in [6.07, 6.45) is 3.18. The standard InChI is InChI=1S/C28H35N5O4/c1-19(2)28(18-29)11-15-33(23(28)34)22-10-14-30-25(32-22)31-21-8-6-20(7-9-21)27(12-16-36-17-13-27)24(35)37-26(3,4)5/h6-10,14,19H,11-13,15-17H2,1-5H3,(H,30,31,32)/t28-/m1/s1. The fraction of sp³-hybridized carbons (Fsp3) is 0.536. The predicted octanol–water partition coefficient (Wildman–Crippen LogP) is 4.51. The topological polar surface area (TPSA) is 117 Å². The lowest BCUT2D eigenvalue weighted by Crippen LogP contribution is -2.45. The highest BCUT2D eigenvalue weighted by molar-refractivity contribution is 6.01. The number of nitriles is 1. The SMILES string of the molecule is CC(C)[C@]1(C#N)CCN(c2ccnc(Nc3ccc(C4(C(=O)OC(C)(C)C)CCOCC4)cc3)n2)C1=O. The van der Waals surface area contributed by atoms with Crippen molar-refractivity contribution in [1.29, 1.82) is 5.26 Å². The Bertz CT molecular complexity index is 1190. The number of aromatic nitrogens is 2. The maximum Gasteiger partial charge on any atom is 0.317 e. The Morgan fingerprint density at radius 3 is 2.41 bits per heavy atom. The molecular weight excluding hydrogens is 470 g/mol. The number of anilines is 3. The molecule has 9 nitrogen and oxygen atoms in total. The molecule has 0 aliphatic carbocycles. The van der Waals surface area contributed by atoms with Gasteiger partial charge in [0.05, 0.1) is 11.5 Å². The van der Waals surface area contributed by atoms with Gasteiger partial charge in [-0.25, -0.2) is 4.98 Å². The zero-order valence-electron chi connectivity index (χ0n) is 22.2. The predicted molar refractivity (Wildman–Crippen MR) is 139 cm³/mol. The van der Waals surface area contributed by atoms with Crippen LogP contribution in [0.2, 0.25) is 0 Å². The van der Waals surface area contributed by atoms with Crippen LogP contribution in [0.1, 0.15) is 59.4 Å². The van der Waals surface area contributed by atoms with Crippen molar-refractivity contribution in [2.24, 2.45) is 11.3 Å². The Morgan fingerprint density at radius 1 is 1.16 bits per heavy atom. The highest BCUT2D eigenvalue weighted by atomic mass is 16.6. The fourth-order valence-electron chi connectivity index (χ4n) is 4.99. The van der Waals surface area contributed by atoms with E-state index in [2.05, 4.69) is 21.4 Å². The summed E-state index contributed by atoms with van der Waals surface area (Å²) in [5.74, 6) is 0.258. The van der Waals surface area contributed by atoms with Gasteiger partial charge in [0.15, 0.2) is 0 Å². The van der Waals surface area contributed by atoms with E-state index in [9.17, 15) is 14.9 Å². The van der Waals surface area contributed by atoms with Crippen molar-refractivity contribution in [3.05, 3.63) is 42.1 Å². The molecule has 1 aromatic heterocycles. The summed E-state index contributed by atoms with van der Waals surface area (Å²) in [6, 6.07) is 11.5. The van der Waals surface area contributed by atoms with E-state index in [1.54, 1.807) is 17.2 Å². The minimum Gasteiger partial charge on any atom is -0.459 e. The number of amides is 1. The van der Waals surface area contributed by atoms with Crippen LogP contribution in [0.3, 0.4) is 0 Å². The lowest BCUT2D eigenvalue weighted by atomic mass is 9.74. The third-order valence-electron chi connectivity index (χ3n) is 7.29. The molecule has 4 rings (SSSR count). The number of rotatable bonds is 6. The summed E-state index contributed by atoms with van der Waals surface area (Å²) in [5, 5.41) is 12.9. The fourth-order valence-corrected chi connectivity index (χ4v) is 4.99. The lowest BCUT2D eigenvalue weighted by molar-refractivity contribution is -0.166. The second-order valence-corrected chi connectivity index (χ2v) is 11.1. The molecular formula is C28H35N5O4. The summed E-state index contributed by atoms with van der Waals surface area (Å²) < 4.78 is 11.3. The Kier molecular flexibility index (Phi) is 7.24. The largest absolute Gasteiger partial charge is 0.459 e. The summed E-state index contributed by atoms with van der Waals surface area (Å²) in [6.45, 7) is 10.8. The third kappa shape index (κ3) is 5.16. The molecule has 2 saturated heterocycles. The second-order valence-electron chi connectivity index (χ2n) is 11.1. The number of nitrogens with one attached hydrogen (secondary N) is 1. The van der Waals surface area contributed by atoms with E-state index < -0.39 is 16.4 Å². The molecule has 0 spiro atoms. The van der Waals surface area contributed by atoms with E-state index in [0.717, 1.165) is 11.3 Å². The molecule has 1 amide bonds. The first-order valence-electron chi connectivity index (χ1n) is 12.8. The van der Waals surface area contributed by atoms with Crippen LogP contribution < -0.4 is 10.2 Å². The molecule has 2 aromatic rings. The van der Waals surface area contributed by atoms with Crippen molar-refractivity contribution in [2.45, 2.75) is 64.9 Å². The Labute approximate surface area is 218 Å². The van der Waals surface area contributed by atoms with E-state index >= 15 is 0 Å². The maximum atomic E-state index is 13.2. The molecule has 1 N–H and O–H groups in total. The van der Waals surface area contributed by atoms with Crippen molar-refractivity contribution in [1.82, 2.24) is 9.97 Å². The first-order chi connectivity index (χ1) is 17.5. The zero-order valence-corrected chi connectivity index (χ0v) is 22.2. The number of hydrogen-bond acceptors (Lipinski definition) is 8. The van der Waals surface area contributed by atoms with Crippen LogP contribution in [0, 0.1) is 22.7 Å². The molecule has 37 heavy (non-hydrogen) atoms. The minimum absolute atomic E-state index is 0.0901. The number of carbonyl (C=O) groups is 2. The zero-order chi connectivity index (χ0) is 26.8. The summed E-state index contributed by atoms with van der Waals surface area (Å²) in [4.78, 5) is 36.8. The van der Waals surface area contributed by atoms with Crippen molar-refractivity contribution in [3.8, 4) is 6.07 Å². The van der Waals surface area contributed by atoms with Gasteiger partial charge < -0.3 is 14.8 Å². The highest BCUT2D eigenvalue weighted by Gasteiger charge is 2.50. The van der Waals surface area contributed by atoms with Gasteiger partial charge in [0.2, 0.25) is 11.9 Å². The molecule has 2 aliphatic heterocycles. The number of benzene rings is 1. The van der Waals surface area contributed by atoms with E-state index in [1.807, 2.05) is 58.9 Å². The molecule has 196 valence electrons. The molecule has 0 unspecified atom stereocenters. The van der Waals surface area contributed by atoms with Crippen LogP contribution >= 0.6 is 0 Å². The van der Waals surface area contributed by atoms with E-state index in [4.69, 9.17) is 9.47 Å². The van der Waals surface area contributed by atoms with Crippen molar-refractivity contribution in [3.63, 3.8) is 0 Å². The molecule has 1 aromatic carbocycles. The lowest BCUT2D eigenvalue weighted by Gasteiger charge is -2.37. The molecule has 2 fully saturated rings. The van der Waals surface area contributed by atoms with Gasteiger partial charge >= 0.3 is 5.97 Å². The first kappa shape index (κ1) is 26.6. The van der Waals surface area contributed by atoms with Gasteiger partial charge in [0.25, 0.3) is 0 Å². The molecule has 0 radical (unpaired) electrons. The first-order valence-corrected chi connectivity index (χ1v) is 12.8. The number of nitrogens with zero attached hydrogens (tertiary/aromatic N) is 4. The quantitative estimate of drug-likeness (QED) is 0.570. The Balaban J connectivity index is 1.53. The number of carbonyl (C=O) groups excluding carboxylic acids is 2. The van der Waals surface area contributed by atoms with E-state index in [0.29, 0.717) is 50.8 Å². The second kappa shape index (κ2) is 10.1. The van der Waals surface area contributed by atoms with Gasteiger partial charge in [-0.05, 0) is 69.7 Å². The molecule has 0 bridgehead atoms. The number of ether oxygens (including phenoxy) is 2. The average Bonchev–Trinajstić information content (AvgIpc) is 3.21. The van der Waals surface area contributed by atoms with Crippen molar-refractivity contribution < 1.29 is 19.1 Å². The van der Waals surface area contributed by atoms with Crippen LogP contribution in [0.25, 0.3) is 0 Å². The van der Waals surface area contributed by atoms with Crippen LogP contribution in [0.4, 0.5) is 17.5 Å². The number of esters is 1. The molecule has 9 heteroatoms. The van der Waals surface area contributed by atoms with Crippen LogP contribution in [0.15, 0.2) is 36.5 Å². The smallest absolute Gasteiger partial charge is 0.317 e. The maximum absolute atomic E-state index is 13.2. The van der Waals surface area contributed by atoms with Crippen LogP contribution in [-0.4, -0.2) is 47.2 Å². The Hall–Kier alpha value is -3.51. The van der Waals surface area contributed by atoms with E-state index in [1.165, 1.54) is 0 Å². The highest BCUT2D eigenvalue weighted by Crippen LogP contribution is 2.40.